The van der Waals surface area contributed by atoms with Crippen molar-refractivity contribution in [2.24, 2.45) is 10.7 Å². The van der Waals surface area contributed by atoms with Crippen molar-refractivity contribution in [3.8, 4) is 0 Å². The second-order valence-corrected chi connectivity index (χ2v) is 5.00. The highest BCUT2D eigenvalue weighted by molar-refractivity contribution is 9.10. The molecule has 4 N–H and O–H groups in total. The standard InChI is InChI=1S/C12H9BrF3N5O/c13-6-2-1-3-7(4-6)18-10(17)21-11-19-8(12(14,15)16)5-9(22)20-11/h1-5H,(H4,17,18,19,20,21,22). The van der Waals surface area contributed by atoms with Gasteiger partial charge in [0, 0.05) is 16.2 Å². The van der Waals surface area contributed by atoms with Crippen LogP contribution in [0.2, 0.25) is 0 Å². The number of guanidine groups is 1. The van der Waals surface area contributed by atoms with Crippen LogP contribution >= 0.6 is 15.9 Å². The molecule has 0 amide bonds. The molecule has 22 heavy (non-hydrogen) atoms. The first-order valence-corrected chi connectivity index (χ1v) is 6.58. The number of H-pyrrole nitrogens is 1. The predicted octanol–water partition coefficient (Wildman–Crippen LogP) is 2.61. The van der Waals surface area contributed by atoms with Crippen LogP contribution in [0.1, 0.15) is 5.69 Å². The minimum absolute atomic E-state index is 0.222. The van der Waals surface area contributed by atoms with Crippen LogP contribution in [-0.4, -0.2) is 15.9 Å². The summed E-state index contributed by atoms with van der Waals surface area (Å²) in [6, 6.07) is 7.21. The Balaban J connectivity index is 2.28. The van der Waals surface area contributed by atoms with E-state index in [0.717, 1.165) is 4.47 Å². The molecule has 0 radical (unpaired) electrons. The third-order valence-corrected chi connectivity index (χ3v) is 2.84. The molecule has 2 rings (SSSR count). The molecule has 0 aliphatic rings. The monoisotopic (exact) mass is 375 g/mol. The first-order chi connectivity index (χ1) is 10.2. The van der Waals surface area contributed by atoms with Crippen LogP contribution in [0.5, 0.6) is 0 Å². The fraction of sp³-hybridized carbons (Fsp3) is 0.0833. The number of hydrogen-bond acceptors (Lipinski definition) is 3. The van der Waals surface area contributed by atoms with Crippen LogP contribution in [0.4, 0.5) is 24.8 Å². The van der Waals surface area contributed by atoms with E-state index in [1.54, 1.807) is 24.3 Å². The number of hydrogen-bond donors (Lipinski definition) is 3. The van der Waals surface area contributed by atoms with Gasteiger partial charge in [0.1, 0.15) is 0 Å². The third-order valence-electron chi connectivity index (χ3n) is 2.34. The zero-order valence-electron chi connectivity index (χ0n) is 10.8. The van der Waals surface area contributed by atoms with Gasteiger partial charge >= 0.3 is 6.18 Å². The first kappa shape index (κ1) is 16.0. The van der Waals surface area contributed by atoms with E-state index in [-0.39, 0.29) is 5.96 Å². The zero-order valence-corrected chi connectivity index (χ0v) is 12.4. The van der Waals surface area contributed by atoms with E-state index in [4.69, 9.17) is 5.73 Å². The molecule has 0 atom stereocenters. The smallest absolute Gasteiger partial charge is 0.369 e. The van der Waals surface area contributed by atoms with Crippen LogP contribution in [0.25, 0.3) is 0 Å². The number of nitrogens with two attached hydrogens (primary N) is 1. The summed E-state index contributed by atoms with van der Waals surface area (Å²) in [5.74, 6) is -0.764. The Kier molecular flexibility index (Phi) is 4.50. The van der Waals surface area contributed by atoms with Gasteiger partial charge in [-0.3, -0.25) is 9.78 Å². The van der Waals surface area contributed by atoms with Crippen LogP contribution in [-0.2, 0) is 6.18 Å². The molecule has 10 heteroatoms. The number of nitrogens with one attached hydrogen (secondary N) is 2. The summed E-state index contributed by atoms with van der Waals surface area (Å²) in [6.45, 7) is 0. The first-order valence-electron chi connectivity index (χ1n) is 5.79. The lowest BCUT2D eigenvalue weighted by Crippen LogP contribution is -2.23. The van der Waals surface area contributed by atoms with Gasteiger partial charge in [-0.2, -0.15) is 18.2 Å². The van der Waals surface area contributed by atoms with E-state index >= 15 is 0 Å². The lowest BCUT2D eigenvalue weighted by Gasteiger charge is -2.07. The van der Waals surface area contributed by atoms with E-state index < -0.39 is 23.4 Å². The lowest BCUT2D eigenvalue weighted by molar-refractivity contribution is -0.141. The van der Waals surface area contributed by atoms with Crippen molar-refractivity contribution in [1.82, 2.24) is 9.97 Å². The van der Waals surface area contributed by atoms with E-state index in [1.165, 1.54) is 0 Å². The SMILES string of the molecule is N/C(=N\c1nc(C(F)(F)F)cc(=O)[nH]1)Nc1cccc(Br)c1. The number of anilines is 1. The Morgan fingerprint density at radius 2 is 2.09 bits per heavy atom. The van der Waals surface area contributed by atoms with Crippen LogP contribution in [0.15, 0.2) is 44.6 Å². The quantitative estimate of drug-likeness (QED) is 0.555. The average Bonchev–Trinajstić information content (AvgIpc) is 2.36. The van der Waals surface area contributed by atoms with Crippen molar-refractivity contribution in [3.05, 3.63) is 50.9 Å². The number of nitrogens with zero attached hydrogens (tertiary/aromatic N) is 2. The summed E-state index contributed by atoms with van der Waals surface area (Å²) < 4.78 is 38.5. The molecule has 0 saturated heterocycles. The van der Waals surface area contributed by atoms with Crippen molar-refractivity contribution in [3.63, 3.8) is 0 Å². The minimum Gasteiger partial charge on any atom is -0.369 e. The number of rotatable bonds is 2. The molecule has 1 aromatic heterocycles. The molecule has 0 unspecified atom stereocenters. The second-order valence-electron chi connectivity index (χ2n) is 4.08. The molecule has 2 aromatic rings. The van der Waals surface area contributed by atoms with Gasteiger partial charge in [0.15, 0.2) is 5.69 Å². The number of aromatic nitrogens is 2. The van der Waals surface area contributed by atoms with Gasteiger partial charge in [0.25, 0.3) is 5.56 Å². The van der Waals surface area contributed by atoms with Gasteiger partial charge in [0.05, 0.1) is 0 Å². The summed E-state index contributed by atoms with van der Waals surface area (Å²) in [4.78, 5) is 20.1. The Hall–Kier alpha value is -2.36. The van der Waals surface area contributed by atoms with Crippen LogP contribution in [0, 0.1) is 0 Å². The highest BCUT2D eigenvalue weighted by atomic mass is 79.9. The third kappa shape index (κ3) is 4.32. The highest BCUT2D eigenvalue weighted by Crippen LogP contribution is 2.27. The molecule has 0 fully saturated rings. The van der Waals surface area contributed by atoms with Crippen molar-refractivity contribution >= 4 is 33.5 Å². The fourth-order valence-corrected chi connectivity index (χ4v) is 1.90. The maximum Gasteiger partial charge on any atom is 0.433 e. The Morgan fingerprint density at radius 3 is 2.73 bits per heavy atom. The molecular formula is C12H9BrF3N5O. The van der Waals surface area contributed by atoms with Crippen molar-refractivity contribution in [2.45, 2.75) is 6.18 Å². The molecule has 6 nitrogen and oxygen atoms in total. The van der Waals surface area contributed by atoms with Gasteiger partial charge in [-0.05, 0) is 18.2 Å². The summed E-state index contributed by atoms with van der Waals surface area (Å²) >= 11 is 3.25. The maximum atomic E-state index is 12.6. The summed E-state index contributed by atoms with van der Waals surface area (Å²) in [7, 11) is 0. The zero-order chi connectivity index (χ0) is 16.3. The summed E-state index contributed by atoms with van der Waals surface area (Å²) in [5, 5.41) is 2.66. The number of aromatic amines is 1. The molecule has 0 aliphatic heterocycles. The lowest BCUT2D eigenvalue weighted by atomic mass is 10.3. The van der Waals surface area contributed by atoms with Crippen LogP contribution < -0.4 is 16.6 Å². The predicted molar refractivity (Wildman–Crippen MR) is 78.9 cm³/mol. The number of aliphatic imine (C=N–C) groups is 1. The van der Waals surface area contributed by atoms with E-state index in [2.05, 4.69) is 36.2 Å². The normalized spacial score (nSPS) is 12.3. The molecule has 0 bridgehead atoms. The van der Waals surface area contributed by atoms with Gasteiger partial charge in [-0.1, -0.05) is 22.0 Å². The largest absolute Gasteiger partial charge is 0.433 e. The number of halogens is 4. The average molecular weight is 376 g/mol. The maximum absolute atomic E-state index is 12.6. The molecule has 0 aliphatic carbocycles. The highest BCUT2D eigenvalue weighted by Gasteiger charge is 2.33. The molecular weight excluding hydrogens is 367 g/mol. The van der Waals surface area contributed by atoms with Gasteiger partial charge in [0.2, 0.25) is 11.9 Å². The van der Waals surface area contributed by atoms with E-state index in [9.17, 15) is 18.0 Å². The summed E-state index contributed by atoms with van der Waals surface area (Å²) in [5.41, 5.74) is 3.82. The topological polar surface area (TPSA) is 96.2 Å². The van der Waals surface area contributed by atoms with Crippen molar-refractivity contribution < 1.29 is 13.2 Å². The fourth-order valence-electron chi connectivity index (χ4n) is 1.50. The number of benzene rings is 1. The van der Waals surface area contributed by atoms with E-state index in [0.29, 0.717) is 11.8 Å². The van der Waals surface area contributed by atoms with Gasteiger partial charge < -0.3 is 11.1 Å². The molecule has 0 saturated carbocycles. The summed E-state index contributed by atoms with van der Waals surface area (Å²) in [6.07, 6.45) is -4.75. The number of alkyl halides is 3. The minimum atomic E-state index is -4.75. The van der Waals surface area contributed by atoms with Crippen molar-refractivity contribution in [1.29, 1.82) is 0 Å². The molecule has 116 valence electrons. The van der Waals surface area contributed by atoms with Gasteiger partial charge in [-0.15, -0.1) is 0 Å². The Bertz CT molecular complexity index is 772. The molecule has 0 spiro atoms. The van der Waals surface area contributed by atoms with Gasteiger partial charge in [-0.25, -0.2) is 4.98 Å². The van der Waals surface area contributed by atoms with E-state index in [1.807, 2.05) is 0 Å². The van der Waals surface area contributed by atoms with Crippen LogP contribution in [0.3, 0.4) is 0 Å². The van der Waals surface area contributed by atoms with Crippen molar-refractivity contribution in [2.75, 3.05) is 5.32 Å². The Morgan fingerprint density at radius 1 is 1.36 bits per heavy atom. The Labute approximate surface area is 130 Å². The molecule has 1 aromatic carbocycles. The second kappa shape index (κ2) is 6.18. The molecule has 1 heterocycles.